The van der Waals surface area contributed by atoms with Gasteiger partial charge < -0.3 is 15.4 Å². The Morgan fingerprint density at radius 1 is 1.06 bits per heavy atom. The van der Waals surface area contributed by atoms with Gasteiger partial charge in [0.15, 0.2) is 0 Å². The molecule has 0 fully saturated rings. The van der Waals surface area contributed by atoms with Gasteiger partial charge in [0.05, 0.1) is 0 Å². The number of terminal acetylenes is 1. The van der Waals surface area contributed by atoms with Crippen LogP contribution in [0.2, 0.25) is 0 Å². The van der Waals surface area contributed by atoms with Crippen LogP contribution < -0.4 is 10.6 Å². The molecule has 0 bridgehead atoms. The molecule has 0 aromatic heterocycles. The van der Waals surface area contributed by atoms with Gasteiger partial charge in [0, 0.05) is 12.1 Å². The van der Waals surface area contributed by atoms with Crippen molar-refractivity contribution < 1.29 is 19.1 Å². The fourth-order valence-electron chi connectivity index (χ4n) is 3.08. The number of nitrogens with one attached hydrogen (secondary N) is 2. The topological polar surface area (TPSA) is 87.7 Å². The molecule has 0 aliphatic heterocycles. The van der Waals surface area contributed by atoms with Crippen LogP contribution in [0.25, 0.3) is 0 Å². The molecule has 0 saturated carbocycles. The normalized spacial score (nSPS) is 13.2. The number of benzene rings is 1. The smallest absolute Gasteiger partial charge is 0.408 e. The molecular weight excluding hydrogens is 406 g/mol. The third-order valence-corrected chi connectivity index (χ3v) is 4.62. The average molecular weight is 444 g/mol. The third-order valence-electron chi connectivity index (χ3n) is 4.62. The zero-order chi connectivity index (χ0) is 24.6. The van der Waals surface area contributed by atoms with Crippen LogP contribution in [-0.4, -0.2) is 40.5 Å². The molecule has 2 atom stereocenters. The zero-order valence-corrected chi connectivity index (χ0v) is 20.5. The van der Waals surface area contributed by atoms with E-state index in [4.69, 9.17) is 11.2 Å². The molecule has 1 rings (SSSR count). The summed E-state index contributed by atoms with van der Waals surface area (Å²) >= 11 is 0. The summed E-state index contributed by atoms with van der Waals surface area (Å²) in [6, 6.07) is 7.63. The number of alkyl carbamates (subject to hydrolysis) is 1. The predicted molar refractivity (Wildman–Crippen MR) is 126 cm³/mol. The Labute approximate surface area is 192 Å². The summed E-state index contributed by atoms with van der Waals surface area (Å²) in [7, 11) is 0. The van der Waals surface area contributed by atoms with E-state index in [1.165, 1.54) is 0 Å². The highest BCUT2D eigenvalue weighted by Crippen LogP contribution is 2.24. The number of hydrogen-bond acceptors (Lipinski definition) is 4. The number of amides is 3. The van der Waals surface area contributed by atoms with Gasteiger partial charge in [-0.1, -0.05) is 51.5 Å². The molecule has 0 aliphatic carbocycles. The lowest BCUT2D eigenvalue weighted by molar-refractivity contribution is -0.139. The van der Waals surface area contributed by atoms with Crippen LogP contribution >= 0.6 is 0 Å². The molecule has 0 radical (unpaired) electrons. The summed E-state index contributed by atoms with van der Waals surface area (Å²) in [6.45, 7) is 14.5. The molecule has 2 N–H and O–H groups in total. The van der Waals surface area contributed by atoms with Crippen molar-refractivity contribution in [2.75, 3.05) is 0 Å². The first-order valence-corrected chi connectivity index (χ1v) is 11.0. The molecule has 1 aromatic carbocycles. The van der Waals surface area contributed by atoms with Crippen LogP contribution in [0.3, 0.4) is 0 Å². The fourth-order valence-corrected chi connectivity index (χ4v) is 3.08. The summed E-state index contributed by atoms with van der Waals surface area (Å²) in [4.78, 5) is 40.0. The van der Waals surface area contributed by atoms with E-state index in [2.05, 4.69) is 16.7 Å². The number of aryl methyl sites for hydroxylation is 1. The maximum absolute atomic E-state index is 13.5. The standard InChI is InChI=1S/C25H37N3O4/c1-10-18-12-14-19(15-13-18)21(22(29)26-17(5)6)28(11-2)23(30)20(16(3)4)27-24(31)32-25(7,8)9/h2,12-17,20-21H,10H2,1,3-9H3,(H,26,29)(H,27,31). The van der Waals surface area contributed by atoms with E-state index in [0.29, 0.717) is 5.56 Å². The van der Waals surface area contributed by atoms with Crippen LogP contribution in [0.15, 0.2) is 24.3 Å². The second kappa shape index (κ2) is 11.6. The van der Waals surface area contributed by atoms with Gasteiger partial charge in [-0.15, -0.1) is 0 Å². The molecule has 3 amide bonds. The van der Waals surface area contributed by atoms with Gasteiger partial charge in [-0.25, -0.2) is 4.79 Å². The summed E-state index contributed by atoms with van der Waals surface area (Å²) in [5, 5.41) is 5.45. The van der Waals surface area contributed by atoms with Crippen LogP contribution in [0.5, 0.6) is 0 Å². The Morgan fingerprint density at radius 2 is 1.62 bits per heavy atom. The Hall–Kier alpha value is -3.01. The van der Waals surface area contributed by atoms with Crippen molar-refractivity contribution in [1.29, 1.82) is 0 Å². The summed E-state index contributed by atoms with van der Waals surface area (Å²) in [5.74, 6) is -1.24. The lowest BCUT2D eigenvalue weighted by Gasteiger charge is -2.32. The highest BCUT2D eigenvalue weighted by atomic mass is 16.6. The minimum absolute atomic E-state index is 0.143. The SMILES string of the molecule is C#CN(C(=O)C(NC(=O)OC(C)(C)C)C(C)C)C(C(=O)NC(C)C)c1ccc(CC)cc1. The lowest BCUT2D eigenvalue weighted by atomic mass is 9.98. The molecule has 0 aliphatic rings. The van der Waals surface area contributed by atoms with Crippen LogP contribution in [0.1, 0.15) is 72.6 Å². The van der Waals surface area contributed by atoms with Crippen molar-refractivity contribution in [3.63, 3.8) is 0 Å². The quantitative estimate of drug-likeness (QED) is 0.473. The van der Waals surface area contributed by atoms with Gasteiger partial charge in [-0.05, 0) is 58.1 Å². The summed E-state index contributed by atoms with van der Waals surface area (Å²) in [5.41, 5.74) is 0.967. The second-order valence-electron chi connectivity index (χ2n) is 9.37. The van der Waals surface area contributed by atoms with Gasteiger partial charge >= 0.3 is 6.09 Å². The molecule has 1 aromatic rings. The number of carbonyl (C=O) groups excluding carboxylic acids is 3. The monoisotopic (exact) mass is 443 g/mol. The highest BCUT2D eigenvalue weighted by Gasteiger charge is 2.37. The molecule has 32 heavy (non-hydrogen) atoms. The Morgan fingerprint density at radius 3 is 2.03 bits per heavy atom. The number of nitrogens with zero attached hydrogens (tertiary/aromatic N) is 1. The third kappa shape index (κ3) is 7.92. The fraction of sp³-hybridized carbons (Fsp3) is 0.560. The van der Waals surface area contributed by atoms with Crippen LogP contribution in [-0.2, 0) is 20.7 Å². The van der Waals surface area contributed by atoms with Gasteiger partial charge in [0.25, 0.3) is 5.91 Å². The molecule has 0 heterocycles. The van der Waals surface area contributed by atoms with Crippen molar-refractivity contribution in [3.05, 3.63) is 35.4 Å². The maximum Gasteiger partial charge on any atom is 0.408 e. The van der Waals surface area contributed by atoms with E-state index in [9.17, 15) is 14.4 Å². The van der Waals surface area contributed by atoms with E-state index < -0.39 is 35.6 Å². The highest BCUT2D eigenvalue weighted by molar-refractivity contribution is 5.93. The molecule has 2 unspecified atom stereocenters. The van der Waals surface area contributed by atoms with Gasteiger partial charge in [-0.2, -0.15) is 0 Å². The minimum Gasteiger partial charge on any atom is -0.444 e. The average Bonchev–Trinajstić information content (AvgIpc) is 2.67. The van der Waals surface area contributed by atoms with Gasteiger partial charge in [0.1, 0.15) is 17.7 Å². The maximum atomic E-state index is 13.5. The first kappa shape index (κ1) is 27.0. The van der Waals surface area contributed by atoms with Crippen molar-refractivity contribution in [2.24, 2.45) is 5.92 Å². The number of rotatable bonds is 8. The number of ether oxygens (including phenoxy) is 1. The molecule has 0 saturated heterocycles. The molecular formula is C25H37N3O4. The first-order valence-electron chi connectivity index (χ1n) is 11.0. The van der Waals surface area contributed by atoms with Crippen molar-refractivity contribution in [2.45, 2.75) is 85.5 Å². The number of carbonyl (C=O) groups is 3. The van der Waals surface area contributed by atoms with Gasteiger partial charge in [0.2, 0.25) is 5.91 Å². The molecule has 176 valence electrons. The second-order valence-corrected chi connectivity index (χ2v) is 9.37. The van der Waals surface area contributed by atoms with Crippen molar-refractivity contribution in [1.82, 2.24) is 15.5 Å². The van der Waals surface area contributed by atoms with Gasteiger partial charge in [-0.3, -0.25) is 14.5 Å². The van der Waals surface area contributed by atoms with E-state index in [0.717, 1.165) is 16.9 Å². The minimum atomic E-state index is -1.04. The molecule has 0 spiro atoms. The summed E-state index contributed by atoms with van der Waals surface area (Å²) < 4.78 is 5.30. The first-order chi connectivity index (χ1) is 14.8. The molecule has 7 heteroatoms. The van der Waals surface area contributed by atoms with Crippen LogP contribution in [0.4, 0.5) is 4.79 Å². The van der Waals surface area contributed by atoms with Crippen LogP contribution in [0, 0.1) is 18.4 Å². The van der Waals surface area contributed by atoms with E-state index in [-0.39, 0.29) is 12.0 Å². The number of hydrogen-bond donors (Lipinski definition) is 2. The Kier molecular flexibility index (Phi) is 9.77. The van der Waals surface area contributed by atoms with Crippen molar-refractivity contribution >= 4 is 17.9 Å². The largest absolute Gasteiger partial charge is 0.444 e. The van der Waals surface area contributed by atoms with E-state index in [1.807, 2.05) is 32.9 Å². The van der Waals surface area contributed by atoms with E-state index in [1.54, 1.807) is 46.8 Å². The Balaban J connectivity index is 3.34. The van der Waals surface area contributed by atoms with E-state index >= 15 is 0 Å². The summed E-state index contributed by atoms with van der Waals surface area (Å²) in [6.07, 6.45) is 5.86. The predicted octanol–water partition coefficient (Wildman–Crippen LogP) is 3.78. The zero-order valence-electron chi connectivity index (χ0n) is 20.5. The lowest BCUT2D eigenvalue weighted by Crippen LogP contribution is -2.53. The van der Waals surface area contributed by atoms with Crippen molar-refractivity contribution in [3.8, 4) is 12.5 Å². The Bertz CT molecular complexity index is 832. The molecule has 7 nitrogen and oxygen atoms in total.